The van der Waals surface area contributed by atoms with Gasteiger partial charge in [0.2, 0.25) is 0 Å². The van der Waals surface area contributed by atoms with E-state index in [1.54, 1.807) is 13.8 Å². The van der Waals surface area contributed by atoms with Gasteiger partial charge in [0.1, 0.15) is 5.60 Å². The van der Waals surface area contributed by atoms with Gasteiger partial charge in [-0.15, -0.1) is 0 Å². The number of nitrogens with zero attached hydrogens (tertiary/aromatic N) is 1. The van der Waals surface area contributed by atoms with E-state index in [1.165, 1.54) is 11.1 Å². The molecule has 0 bridgehead atoms. The van der Waals surface area contributed by atoms with Crippen LogP contribution in [0, 0.1) is 17.3 Å². The van der Waals surface area contributed by atoms with Crippen molar-refractivity contribution in [1.29, 1.82) is 0 Å². The Kier molecular flexibility index (Phi) is 7.03. The highest BCUT2D eigenvalue weighted by atomic mass is 35.5. The Morgan fingerprint density at radius 1 is 1.14 bits per heavy atom. The first kappa shape index (κ1) is 21.9. The quantitative estimate of drug-likeness (QED) is 0.722. The van der Waals surface area contributed by atoms with Crippen LogP contribution in [0.3, 0.4) is 0 Å². The van der Waals surface area contributed by atoms with Crippen LogP contribution in [0.1, 0.15) is 43.4 Å². The Morgan fingerprint density at radius 2 is 1.90 bits per heavy atom. The van der Waals surface area contributed by atoms with Crippen molar-refractivity contribution in [2.45, 2.75) is 45.3 Å². The summed E-state index contributed by atoms with van der Waals surface area (Å²) in [5.74, 6) is 5.85. The summed E-state index contributed by atoms with van der Waals surface area (Å²) in [5.41, 5.74) is 2.21. The fourth-order valence-corrected chi connectivity index (χ4v) is 4.24. The van der Waals surface area contributed by atoms with E-state index in [4.69, 9.17) is 11.6 Å². The molecule has 0 spiro atoms. The minimum absolute atomic E-state index is 0.124. The zero-order chi connectivity index (χ0) is 20.9. The zero-order valence-corrected chi connectivity index (χ0v) is 18.0. The first-order valence-electron chi connectivity index (χ1n) is 10.2. The second-order valence-corrected chi connectivity index (χ2v) is 9.22. The number of benzene rings is 2. The van der Waals surface area contributed by atoms with Gasteiger partial charge in [0, 0.05) is 29.1 Å². The monoisotopic (exact) mass is 411 g/mol. The highest BCUT2D eigenvalue weighted by molar-refractivity contribution is 6.30. The van der Waals surface area contributed by atoms with E-state index in [-0.39, 0.29) is 12.0 Å². The standard InChI is InChI=1S/C25H30ClNO2/c1-24(2,29)13-11-20-7-9-21(10-8-20)17-27-14-4-12-25(18-27,19-28)16-22-5-3-6-23(26)15-22/h3,5-10,15,28-29H,4,12,14,16-19H2,1-2H3/t25-/m1/s1. The summed E-state index contributed by atoms with van der Waals surface area (Å²) in [7, 11) is 0. The molecule has 2 N–H and O–H groups in total. The summed E-state index contributed by atoms with van der Waals surface area (Å²) in [6.07, 6.45) is 2.94. The molecule has 1 saturated heterocycles. The molecule has 0 aliphatic carbocycles. The number of rotatable bonds is 5. The first-order valence-corrected chi connectivity index (χ1v) is 10.6. The van der Waals surface area contributed by atoms with Crippen molar-refractivity contribution in [3.05, 3.63) is 70.2 Å². The molecule has 3 rings (SSSR count). The van der Waals surface area contributed by atoms with Crippen molar-refractivity contribution < 1.29 is 10.2 Å². The highest BCUT2D eigenvalue weighted by Gasteiger charge is 2.35. The summed E-state index contributed by atoms with van der Waals surface area (Å²) < 4.78 is 0. The molecule has 0 unspecified atom stereocenters. The predicted molar refractivity (Wildman–Crippen MR) is 119 cm³/mol. The largest absolute Gasteiger partial charge is 0.396 e. The smallest absolute Gasteiger partial charge is 0.120 e. The number of likely N-dealkylation sites (tertiary alicyclic amines) is 1. The number of aliphatic hydroxyl groups is 2. The molecule has 2 aromatic rings. The van der Waals surface area contributed by atoms with Crippen molar-refractivity contribution in [2.75, 3.05) is 19.7 Å². The van der Waals surface area contributed by atoms with Gasteiger partial charge >= 0.3 is 0 Å². The van der Waals surface area contributed by atoms with Crippen LogP contribution < -0.4 is 0 Å². The fourth-order valence-electron chi connectivity index (χ4n) is 4.03. The first-order chi connectivity index (χ1) is 13.8. The molecule has 1 heterocycles. The van der Waals surface area contributed by atoms with E-state index in [2.05, 4.69) is 34.9 Å². The zero-order valence-electron chi connectivity index (χ0n) is 17.3. The third-order valence-corrected chi connectivity index (χ3v) is 5.65. The predicted octanol–water partition coefficient (Wildman–Crippen LogP) is 4.28. The summed E-state index contributed by atoms with van der Waals surface area (Å²) in [6.45, 7) is 6.31. The van der Waals surface area contributed by atoms with Gasteiger partial charge in [-0.2, -0.15) is 0 Å². The Bertz CT molecular complexity index is 876. The van der Waals surface area contributed by atoms with Gasteiger partial charge in [-0.3, -0.25) is 4.90 Å². The number of piperidine rings is 1. The Hall–Kier alpha value is -1.83. The molecule has 2 aromatic carbocycles. The van der Waals surface area contributed by atoms with Crippen LogP contribution in [0.4, 0.5) is 0 Å². The molecule has 1 atom stereocenters. The molecule has 1 fully saturated rings. The van der Waals surface area contributed by atoms with Crippen LogP contribution in [0.25, 0.3) is 0 Å². The van der Waals surface area contributed by atoms with Crippen molar-refractivity contribution in [1.82, 2.24) is 4.90 Å². The minimum atomic E-state index is -0.983. The molecule has 3 nitrogen and oxygen atoms in total. The maximum absolute atomic E-state index is 10.2. The molecule has 0 saturated carbocycles. The molecule has 29 heavy (non-hydrogen) atoms. The van der Waals surface area contributed by atoms with E-state index in [0.29, 0.717) is 0 Å². The molecule has 154 valence electrons. The Labute approximate surface area is 179 Å². The van der Waals surface area contributed by atoms with Gasteiger partial charge in [0.25, 0.3) is 0 Å². The number of halogens is 1. The molecule has 0 radical (unpaired) electrons. The molecule has 1 aliphatic heterocycles. The van der Waals surface area contributed by atoms with Gasteiger partial charge in [0.15, 0.2) is 0 Å². The number of hydrogen-bond acceptors (Lipinski definition) is 3. The van der Waals surface area contributed by atoms with Crippen molar-refractivity contribution in [2.24, 2.45) is 5.41 Å². The van der Waals surface area contributed by atoms with Gasteiger partial charge in [0.05, 0.1) is 6.61 Å². The Balaban J connectivity index is 1.66. The summed E-state index contributed by atoms with van der Waals surface area (Å²) >= 11 is 6.15. The van der Waals surface area contributed by atoms with Crippen LogP contribution in [-0.2, 0) is 13.0 Å². The lowest BCUT2D eigenvalue weighted by Gasteiger charge is -2.42. The lowest BCUT2D eigenvalue weighted by Crippen LogP contribution is -2.46. The van der Waals surface area contributed by atoms with E-state index in [9.17, 15) is 10.2 Å². The molecule has 0 amide bonds. The number of hydrogen-bond donors (Lipinski definition) is 2. The highest BCUT2D eigenvalue weighted by Crippen LogP contribution is 2.34. The minimum Gasteiger partial charge on any atom is -0.396 e. The summed E-state index contributed by atoms with van der Waals surface area (Å²) in [5, 5.41) is 20.7. The molecular weight excluding hydrogens is 382 g/mol. The van der Waals surface area contributed by atoms with Crippen LogP contribution in [0.15, 0.2) is 48.5 Å². The van der Waals surface area contributed by atoms with E-state index >= 15 is 0 Å². The van der Waals surface area contributed by atoms with Crippen molar-refractivity contribution in [3.63, 3.8) is 0 Å². The van der Waals surface area contributed by atoms with Crippen LogP contribution in [0.2, 0.25) is 5.02 Å². The molecular formula is C25H30ClNO2. The maximum Gasteiger partial charge on any atom is 0.120 e. The lowest BCUT2D eigenvalue weighted by atomic mass is 9.75. The normalized spacial score (nSPS) is 20.2. The van der Waals surface area contributed by atoms with Gasteiger partial charge in [-0.1, -0.05) is 47.7 Å². The second kappa shape index (κ2) is 9.32. The van der Waals surface area contributed by atoms with Crippen molar-refractivity contribution in [3.8, 4) is 11.8 Å². The number of aliphatic hydroxyl groups excluding tert-OH is 1. The topological polar surface area (TPSA) is 43.7 Å². The average Bonchev–Trinajstić information content (AvgIpc) is 2.67. The maximum atomic E-state index is 10.2. The summed E-state index contributed by atoms with van der Waals surface area (Å²) in [6, 6.07) is 16.2. The second-order valence-electron chi connectivity index (χ2n) is 8.78. The SMILES string of the molecule is CC(C)(O)C#Cc1ccc(CN2CCC[C@@](CO)(Cc3cccc(Cl)c3)C2)cc1. The van der Waals surface area contributed by atoms with E-state index in [0.717, 1.165) is 49.5 Å². The molecule has 4 heteroatoms. The van der Waals surface area contributed by atoms with Crippen LogP contribution in [0.5, 0.6) is 0 Å². The third kappa shape index (κ3) is 6.59. The van der Waals surface area contributed by atoms with E-state index < -0.39 is 5.60 Å². The summed E-state index contributed by atoms with van der Waals surface area (Å²) in [4.78, 5) is 2.43. The van der Waals surface area contributed by atoms with E-state index in [1.807, 2.05) is 30.3 Å². The van der Waals surface area contributed by atoms with Gasteiger partial charge in [-0.25, -0.2) is 0 Å². The molecule has 1 aliphatic rings. The fraction of sp³-hybridized carbons (Fsp3) is 0.440. The molecule has 0 aromatic heterocycles. The van der Waals surface area contributed by atoms with Crippen molar-refractivity contribution >= 4 is 11.6 Å². The van der Waals surface area contributed by atoms with Crippen LogP contribution >= 0.6 is 11.6 Å². The lowest BCUT2D eigenvalue weighted by molar-refractivity contribution is 0.0288. The van der Waals surface area contributed by atoms with Gasteiger partial charge in [-0.05, 0) is 75.0 Å². The average molecular weight is 412 g/mol. The third-order valence-electron chi connectivity index (χ3n) is 5.42. The van der Waals surface area contributed by atoms with Gasteiger partial charge < -0.3 is 10.2 Å². The Morgan fingerprint density at radius 3 is 2.55 bits per heavy atom. The van der Waals surface area contributed by atoms with Crippen LogP contribution in [-0.4, -0.2) is 40.4 Å².